The number of carbonyl (C=O) groups excluding carboxylic acids is 1. The monoisotopic (exact) mass is 489 g/mol. The number of hydrogen-bond donors (Lipinski definition) is 1. The summed E-state index contributed by atoms with van der Waals surface area (Å²) < 4.78 is 20.7. The Labute approximate surface area is 207 Å². The molecule has 2 aromatic carbocycles. The number of nitrogens with zero attached hydrogens (tertiary/aromatic N) is 2. The summed E-state index contributed by atoms with van der Waals surface area (Å²) in [7, 11) is 0. The summed E-state index contributed by atoms with van der Waals surface area (Å²) in [4.78, 5) is 22.8. The first-order chi connectivity index (χ1) is 16.9. The van der Waals surface area contributed by atoms with Crippen LogP contribution in [-0.2, 0) is 16.6 Å². The van der Waals surface area contributed by atoms with Gasteiger partial charge in [-0.15, -0.1) is 0 Å². The number of ether oxygens (including phenoxy) is 1. The van der Waals surface area contributed by atoms with Crippen LogP contribution in [-0.4, -0.2) is 40.0 Å². The predicted molar refractivity (Wildman–Crippen MR) is 134 cm³/mol. The maximum atomic E-state index is 14.4. The van der Waals surface area contributed by atoms with E-state index in [4.69, 9.17) is 16.3 Å². The average molecular weight is 490 g/mol. The van der Waals surface area contributed by atoms with Crippen LogP contribution < -0.4 is 4.74 Å². The summed E-state index contributed by atoms with van der Waals surface area (Å²) in [6.45, 7) is 3.23. The van der Waals surface area contributed by atoms with Gasteiger partial charge < -0.3 is 14.6 Å². The molecule has 5 nitrogen and oxygen atoms in total. The molecule has 2 aliphatic heterocycles. The Morgan fingerprint density at radius 1 is 1.17 bits per heavy atom. The molecule has 1 fully saturated rings. The van der Waals surface area contributed by atoms with Crippen LogP contribution >= 0.6 is 11.6 Å². The number of carbonyl (C=O) groups is 1. The number of piperidine rings is 1. The number of halogens is 2. The lowest BCUT2D eigenvalue weighted by Gasteiger charge is -2.40. The summed E-state index contributed by atoms with van der Waals surface area (Å²) in [5, 5.41) is 1.58. The summed E-state index contributed by atoms with van der Waals surface area (Å²) >= 11 is 6.48. The number of pyridine rings is 1. The number of aromatic nitrogens is 2. The second kappa shape index (κ2) is 8.38. The fourth-order valence-corrected chi connectivity index (χ4v) is 5.74. The van der Waals surface area contributed by atoms with Crippen molar-refractivity contribution in [2.24, 2.45) is 0 Å². The standard InChI is InChI=1S/C28H25ClFN3O2/c1-28(22-4-2-3-5-23(22)30)8-12-33(13-9-28)27(34)24-15-17-14-18(29)16-21(25(17)35-24)19-6-10-31-26-20(19)7-11-32-26/h2-7,10-11,14,16,24H,8-9,12-13,15H2,1H3,(H,31,32). The van der Waals surface area contributed by atoms with Gasteiger partial charge in [0.05, 0.1) is 0 Å². The zero-order valence-corrected chi connectivity index (χ0v) is 20.1. The number of hydrogen-bond acceptors (Lipinski definition) is 3. The van der Waals surface area contributed by atoms with Crippen LogP contribution in [0.5, 0.6) is 5.75 Å². The van der Waals surface area contributed by atoms with Crippen molar-refractivity contribution in [1.29, 1.82) is 0 Å². The van der Waals surface area contributed by atoms with Gasteiger partial charge in [-0.05, 0) is 59.7 Å². The molecule has 0 bridgehead atoms. The first-order valence-electron chi connectivity index (χ1n) is 11.9. The highest BCUT2D eigenvalue weighted by Crippen LogP contribution is 2.44. The molecule has 0 aliphatic carbocycles. The van der Waals surface area contributed by atoms with Crippen molar-refractivity contribution in [3.05, 3.63) is 82.9 Å². The first-order valence-corrected chi connectivity index (χ1v) is 12.3. The zero-order chi connectivity index (χ0) is 24.2. The summed E-state index contributed by atoms with van der Waals surface area (Å²) in [6.07, 6.45) is 4.90. The molecule has 0 spiro atoms. The van der Waals surface area contributed by atoms with Gasteiger partial charge in [0.2, 0.25) is 0 Å². The second-order valence-electron chi connectivity index (χ2n) is 9.72. The zero-order valence-electron chi connectivity index (χ0n) is 19.4. The number of rotatable bonds is 3. The lowest BCUT2D eigenvalue weighted by molar-refractivity contribution is -0.139. The Bertz CT molecular complexity index is 1440. The van der Waals surface area contributed by atoms with Crippen LogP contribution in [0.1, 0.15) is 30.9 Å². The van der Waals surface area contributed by atoms with Gasteiger partial charge in [-0.3, -0.25) is 4.79 Å². The highest BCUT2D eigenvalue weighted by atomic mass is 35.5. The molecule has 178 valence electrons. The normalized spacial score (nSPS) is 18.9. The van der Waals surface area contributed by atoms with E-state index in [2.05, 4.69) is 16.9 Å². The topological polar surface area (TPSA) is 58.2 Å². The van der Waals surface area contributed by atoms with E-state index in [1.165, 1.54) is 6.07 Å². The number of H-pyrrole nitrogens is 1. The lowest BCUT2D eigenvalue weighted by atomic mass is 9.74. The largest absolute Gasteiger partial charge is 0.479 e. The number of nitrogens with one attached hydrogen (secondary N) is 1. The molecule has 7 heteroatoms. The van der Waals surface area contributed by atoms with Crippen molar-refractivity contribution in [1.82, 2.24) is 14.9 Å². The van der Waals surface area contributed by atoms with Crippen molar-refractivity contribution in [3.63, 3.8) is 0 Å². The maximum absolute atomic E-state index is 14.4. The van der Waals surface area contributed by atoms with E-state index in [-0.39, 0.29) is 17.1 Å². The van der Waals surface area contributed by atoms with Crippen LogP contribution in [0.2, 0.25) is 5.02 Å². The first kappa shape index (κ1) is 22.1. The molecule has 6 rings (SSSR count). The highest BCUT2D eigenvalue weighted by molar-refractivity contribution is 6.31. The van der Waals surface area contributed by atoms with Gasteiger partial charge in [0.15, 0.2) is 6.10 Å². The van der Waals surface area contributed by atoms with Crippen LogP contribution in [0, 0.1) is 5.82 Å². The molecule has 2 aromatic heterocycles. The van der Waals surface area contributed by atoms with E-state index in [1.54, 1.807) is 12.3 Å². The number of likely N-dealkylation sites (tertiary alicyclic amines) is 1. The molecule has 1 atom stereocenters. The van der Waals surface area contributed by atoms with Crippen molar-refractivity contribution < 1.29 is 13.9 Å². The van der Waals surface area contributed by atoms with Gasteiger partial charge in [0.1, 0.15) is 17.2 Å². The Kier molecular flexibility index (Phi) is 5.29. The third kappa shape index (κ3) is 3.76. The van der Waals surface area contributed by atoms with Gasteiger partial charge >= 0.3 is 0 Å². The molecule has 1 unspecified atom stereocenters. The molecule has 4 heterocycles. The third-order valence-electron chi connectivity index (χ3n) is 7.52. The van der Waals surface area contributed by atoms with Crippen molar-refractivity contribution in [2.45, 2.75) is 37.7 Å². The third-order valence-corrected chi connectivity index (χ3v) is 7.74. The molecule has 1 N–H and O–H groups in total. The summed E-state index contributed by atoms with van der Waals surface area (Å²) in [5.41, 5.74) is 3.98. The minimum absolute atomic E-state index is 0.0274. The van der Waals surface area contributed by atoms with Crippen LogP contribution in [0.3, 0.4) is 0 Å². The summed E-state index contributed by atoms with van der Waals surface area (Å²) in [6, 6.07) is 14.6. The van der Waals surface area contributed by atoms with Gasteiger partial charge in [-0.25, -0.2) is 9.37 Å². The predicted octanol–water partition coefficient (Wildman–Crippen LogP) is 5.91. The van der Waals surface area contributed by atoms with Crippen molar-refractivity contribution in [2.75, 3.05) is 13.1 Å². The number of amides is 1. The molecular weight excluding hydrogens is 465 g/mol. The van der Waals surface area contributed by atoms with Gasteiger partial charge in [0.25, 0.3) is 5.91 Å². The van der Waals surface area contributed by atoms with E-state index in [0.29, 0.717) is 43.1 Å². The Morgan fingerprint density at radius 3 is 2.77 bits per heavy atom. The molecule has 0 saturated carbocycles. The molecule has 1 saturated heterocycles. The quantitative estimate of drug-likeness (QED) is 0.389. The second-order valence-corrected chi connectivity index (χ2v) is 10.2. The van der Waals surface area contributed by atoms with Crippen LogP contribution in [0.4, 0.5) is 4.39 Å². The average Bonchev–Trinajstić information content (AvgIpc) is 3.51. The van der Waals surface area contributed by atoms with E-state index in [9.17, 15) is 9.18 Å². The van der Waals surface area contributed by atoms with Crippen LogP contribution in [0.25, 0.3) is 22.2 Å². The fraction of sp³-hybridized carbons (Fsp3) is 0.286. The minimum Gasteiger partial charge on any atom is -0.479 e. The smallest absolute Gasteiger partial charge is 0.263 e. The molecular formula is C28H25ClFN3O2. The number of aromatic amines is 1. The van der Waals surface area contributed by atoms with Gasteiger partial charge in [-0.1, -0.05) is 36.7 Å². The summed E-state index contributed by atoms with van der Waals surface area (Å²) in [5.74, 6) is 0.497. The fourth-order valence-electron chi connectivity index (χ4n) is 5.50. The van der Waals surface area contributed by atoms with Gasteiger partial charge in [0, 0.05) is 53.4 Å². The molecule has 35 heavy (non-hydrogen) atoms. The van der Waals surface area contributed by atoms with Gasteiger partial charge in [-0.2, -0.15) is 0 Å². The van der Waals surface area contributed by atoms with E-state index in [1.807, 2.05) is 47.5 Å². The Morgan fingerprint density at radius 2 is 1.97 bits per heavy atom. The maximum Gasteiger partial charge on any atom is 0.263 e. The van der Waals surface area contributed by atoms with E-state index >= 15 is 0 Å². The molecule has 4 aromatic rings. The highest BCUT2D eigenvalue weighted by Gasteiger charge is 2.39. The minimum atomic E-state index is -0.594. The van der Waals surface area contributed by atoms with E-state index in [0.717, 1.165) is 33.3 Å². The van der Waals surface area contributed by atoms with Crippen molar-refractivity contribution >= 4 is 28.5 Å². The Balaban J connectivity index is 1.23. The molecule has 0 radical (unpaired) electrons. The Hall–Kier alpha value is -3.38. The van der Waals surface area contributed by atoms with Crippen molar-refractivity contribution in [3.8, 4) is 16.9 Å². The molecule has 2 aliphatic rings. The van der Waals surface area contributed by atoms with E-state index < -0.39 is 6.10 Å². The number of fused-ring (bicyclic) bond motifs is 2. The SMILES string of the molecule is CC1(c2ccccc2F)CCN(C(=O)C2Cc3cc(Cl)cc(-c4ccnc5[nH]ccc45)c3O2)CC1. The molecule has 1 amide bonds. The lowest BCUT2D eigenvalue weighted by Crippen LogP contribution is -2.48. The van der Waals surface area contributed by atoms with Crippen LogP contribution in [0.15, 0.2) is 60.9 Å². The number of benzene rings is 2.